The molecule has 0 atom stereocenters. The average molecular weight is 353 g/mol. The summed E-state index contributed by atoms with van der Waals surface area (Å²) in [5.74, 6) is 0.417. The van der Waals surface area contributed by atoms with Crippen molar-refractivity contribution < 1.29 is 4.79 Å². The maximum Gasteiger partial charge on any atom is 0.288 e. The van der Waals surface area contributed by atoms with E-state index in [9.17, 15) is 4.79 Å². The Labute approximate surface area is 149 Å². The summed E-state index contributed by atoms with van der Waals surface area (Å²) in [6.45, 7) is 1.52. The van der Waals surface area contributed by atoms with E-state index in [0.29, 0.717) is 23.9 Å². The molecule has 3 aromatic rings. The maximum absolute atomic E-state index is 12.0. The SMILES string of the molecule is Nc1c(NCCCn2ccnc2)ncnc1NNC(=O)c1ccccn1. The number of nitrogens with one attached hydrogen (secondary N) is 3. The molecule has 0 aliphatic carbocycles. The Kier molecular flexibility index (Phi) is 5.55. The molecule has 3 aromatic heterocycles. The van der Waals surface area contributed by atoms with E-state index in [1.54, 1.807) is 36.9 Å². The van der Waals surface area contributed by atoms with Gasteiger partial charge < -0.3 is 15.6 Å². The minimum atomic E-state index is -0.390. The van der Waals surface area contributed by atoms with E-state index in [1.807, 2.05) is 10.8 Å². The second kappa shape index (κ2) is 8.42. The molecule has 0 aliphatic rings. The van der Waals surface area contributed by atoms with Crippen LogP contribution in [0.3, 0.4) is 0 Å². The Morgan fingerprint density at radius 1 is 1.15 bits per heavy atom. The van der Waals surface area contributed by atoms with Crippen molar-refractivity contribution in [3.8, 4) is 0 Å². The fraction of sp³-hybridized carbons (Fsp3) is 0.188. The number of hydrazine groups is 1. The highest BCUT2D eigenvalue weighted by Crippen LogP contribution is 2.21. The lowest BCUT2D eigenvalue weighted by molar-refractivity contribution is 0.0957. The first-order chi connectivity index (χ1) is 12.7. The molecule has 0 bridgehead atoms. The van der Waals surface area contributed by atoms with Gasteiger partial charge in [-0.3, -0.25) is 20.6 Å². The van der Waals surface area contributed by atoms with E-state index in [1.165, 1.54) is 6.33 Å². The van der Waals surface area contributed by atoms with Crippen LogP contribution in [0.4, 0.5) is 17.3 Å². The van der Waals surface area contributed by atoms with Crippen molar-refractivity contribution in [1.29, 1.82) is 0 Å². The quantitative estimate of drug-likeness (QED) is 0.346. The molecular weight excluding hydrogens is 334 g/mol. The third-order valence-electron chi connectivity index (χ3n) is 3.52. The molecular formula is C16H19N9O. The van der Waals surface area contributed by atoms with E-state index in [2.05, 4.69) is 36.1 Å². The summed E-state index contributed by atoms with van der Waals surface area (Å²) in [6, 6.07) is 5.07. The Bertz CT molecular complexity index is 836. The number of rotatable bonds is 8. The topological polar surface area (TPSA) is 136 Å². The van der Waals surface area contributed by atoms with Crippen LogP contribution >= 0.6 is 0 Å². The standard InChI is InChI=1S/C16H19N9O/c17-13-14(20-6-3-8-25-9-7-18-11-25)21-10-22-15(13)23-24-16(26)12-4-1-2-5-19-12/h1-2,4-5,7,9-11H,3,6,8,17H2,(H,24,26)(H2,20,21,22,23). The van der Waals surface area contributed by atoms with Crippen molar-refractivity contribution in [2.45, 2.75) is 13.0 Å². The summed E-state index contributed by atoms with van der Waals surface area (Å²) < 4.78 is 1.99. The van der Waals surface area contributed by atoms with Crippen molar-refractivity contribution in [2.75, 3.05) is 23.0 Å². The van der Waals surface area contributed by atoms with Gasteiger partial charge >= 0.3 is 0 Å². The number of aromatic nitrogens is 5. The summed E-state index contributed by atoms with van der Waals surface area (Å²) in [7, 11) is 0. The number of anilines is 3. The first-order valence-electron chi connectivity index (χ1n) is 8.01. The maximum atomic E-state index is 12.0. The summed E-state index contributed by atoms with van der Waals surface area (Å²) in [6.07, 6.45) is 9.20. The fourth-order valence-corrected chi connectivity index (χ4v) is 2.20. The van der Waals surface area contributed by atoms with E-state index < -0.39 is 5.91 Å². The van der Waals surface area contributed by atoms with Crippen molar-refractivity contribution in [1.82, 2.24) is 29.9 Å². The third kappa shape index (κ3) is 4.44. The zero-order chi connectivity index (χ0) is 18.2. The van der Waals surface area contributed by atoms with Crippen LogP contribution in [0.15, 0.2) is 49.4 Å². The van der Waals surface area contributed by atoms with Crippen molar-refractivity contribution >= 4 is 23.2 Å². The molecule has 0 saturated heterocycles. The molecule has 5 N–H and O–H groups in total. The highest BCUT2D eigenvalue weighted by atomic mass is 16.2. The smallest absolute Gasteiger partial charge is 0.288 e. The predicted octanol–water partition coefficient (Wildman–Crippen LogP) is 0.909. The molecule has 1 amide bonds. The molecule has 0 spiro atoms. The van der Waals surface area contributed by atoms with Crippen LogP contribution in [0, 0.1) is 0 Å². The fourth-order valence-electron chi connectivity index (χ4n) is 2.20. The lowest BCUT2D eigenvalue weighted by Gasteiger charge is -2.13. The third-order valence-corrected chi connectivity index (χ3v) is 3.52. The summed E-state index contributed by atoms with van der Waals surface area (Å²) in [5, 5.41) is 3.16. The number of hydrogen-bond acceptors (Lipinski definition) is 8. The zero-order valence-electron chi connectivity index (χ0n) is 14.0. The largest absolute Gasteiger partial charge is 0.393 e. The van der Waals surface area contributed by atoms with Crippen LogP contribution in [0.5, 0.6) is 0 Å². The highest BCUT2D eigenvalue weighted by molar-refractivity contribution is 5.93. The van der Waals surface area contributed by atoms with Gasteiger partial charge in [0.2, 0.25) is 0 Å². The van der Waals surface area contributed by atoms with E-state index >= 15 is 0 Å². The molecule has 0 unspecified atom stereocenters. The van der Waals surface area contributed by atoms with Crippen LogP contribution < -0.4 is 21.9 Å². The lowest BCUT2D eigenvalue weighted by Crippen LogP contribution is -2.31. The number of hydrogen-bond donors (Lipinski definition) is 4. The van der Waals surface area contributed by atoms with E-state index in [0.717, 1.165) is 13.0 Å². The first kappa shape index (κ1) is 17.1. The molecule has 10 nitrogen and oxygen atoms in total. The number of pyridine rings is 1. The van der Waals surface area contributed by atoms with Crippen LogP contribution in [0.1, 0.15) is 16.9 Å². The molecule has 3 rings (SSSR count). The molecule has 134 valence electrons. The van der Waals surface area contributed by atoms with Crippen molar-refractivity contribution in [2.24, 2.45) is 0 Å². The molecule has 0 radical (unpaired) electrons. The van der Waals surface area contributed by atoms with Gasteiger partial charge in [0.05, 0.1) is 6.33 Å². The Morgan fingerprint density at radius 3 is 2.81 bits per heavy atom. The number of nitrogens with zero attached hydrogens (tertiary/aromatic N) is 5. The Hall–Kier alpha value is -3.69. The second-order valence-corrected chi connectivity index (χ2v) is 5.36. The summed E-state index contributed by atoms with van der Waals surface area (Å²) >= 11 is 0. The number of nitrogens with two attached hydrogens (primary N) is 1. The minimum Gasteiger partial charge on any atom is -0.393 e. The Morgan fingerprint density at radius 2 is 2.04 bits per heavy atom. The average Bonchev–Trinajstić information content (AvgIpc) is 3.19. The predicted molar refractivity (Wildman–Crippen MR) is 97.1 cm³/mol. The van der Waals surface area contributed by atoms with Crippen molar-refractivity contribution in [3.63, 3.8) is 0 Å². The molecule has 10 heteroatoms. The van der Waals surface area contributed by atoms with Crippen LogP contribution in [0.2, 0.25) is 0 Å². The van der Waals surface area contributed by atoms with Gasteiger partial charge in [-0.25, -0.2) is 15.0 Å². The molecule has 0 saturated carbocycles. The summed E-state index contributed by atoms with van der Waals surface area (Å²) in [4.78, 5) is 28.1. The van der Waals surface area contributed by atoms with Gasteiger partial charge in [-0.2, -0.15) is 0 Å². The van der Waals surface area contributed by atoms with Gasteiger partial charge in [0.25, 0.3) is 5.91 Å². The van der Waals surface area contributed by atoms with Gasteiger partial charge in [0.1, 0.15) is 17.7 Å². The number of aryl methyl sites for hydroxylation is 1. The zero-order valence-corrected chi connectivity index (χ0v) is 14.0. The van der Waals surface area contributed by atoms with E-state index in [4.69, 9.17) is 5.73 Å². The first-order valence-corrected chi connectivity index (χ1v) is 8.01. The molecule has 26 heavy (non-hydrogen) atoms. The number of nitrogen functional groups attached to an aromatic ring is 1. The normalized spacial score (nSPS) is 10.3. The Balaban J connectivity index is 1.52. The van der Waals surface area contributed by atoms with Gasteiger partial charge in [0.15, 0.2) is 11.6 Å². The number of imidazole rings is 1. The molecule has 0 fully saturated rings. The molecule has 0 aliphatic heterocycles. The van der Waals surface area contributed by atoms with Gasteiger partial charge in [0, 0.05) is 31.7 Å². The molecule has 3 heterocycles. The lowest BCUT2D eigenvalue weighted by atomic mass is 10.3. The summed E-state index contributed by atoms with van der Waals surface area (Å²) in [5.41, 5.74) is 11.9. The second-order valence-electron chi connectivity index (χ2n) is 5.36. The van der Waals surface area contributed by atoms with Gasteiger partial charge in [-0.1, -0.05) is 6.07 Å². The van der Waals surface area contributed by atoms with Gasteiger partial charge in [-0.15, -0.1) is 0 Å². The minimum absolute atomic E-state index is 0.283. The van der Waals surface area contributed by atoms with Crippen molar-refractivity contribution in [3.05, 3.63) is 55.1 Å². The van der Waals surface area contributed by atoms with E-state index in [-0.39, 0.29) is 5.69 Å². The number of carbonyl (C=O) groups is 1. The van der Waals surface area contributed by atoms with Crippen LogP contribution in [0.25, 0.3) is 0 Å². The van der Waals surface area contributed by atoms with Crippen LogP contribution in [-0.4, -0.2) is 37.0 Å². The molecule has 0 aromatic carbocycles. The number of amides is 1. The number of carbonyl (C=O) groups excluding carboxylic acids is 1. The van der Waals surface area contributed by atoms with Gasteiger partial charge in [-0.05, 0) is 18.6 Å². The van der Waals surface area contributed by atoms with Crippen LogP contribution in [-0.2, 0) is 6.54 Å². The monoisotopic (exact) mass is 353 g/mol. The highest BCUT2D eigenvalue weighted by Gasteiger charge is 2.10.